The largest absolute Gasteiger partial charge is 0.481 e. The van der Waals surface area contributed by atoms with Crippen LogP contribution < -0.4 is 5.32 Å². The molecule has 0 bridgehead atoms. The molecule has 9 nitrogen and oxygen atoms in total. The van der Waals surface area contributed by atoms with Gasteiger partial charge in [-0.15, -0.1) is 0 Å². The van der Waals surface area contributed by atoms with Gasteiger partial charge in [0.1, 0.15) is 6.17 Å². The maximum atomic E-state index is 13.3. The number of imide groups is 1. The lowest BCUT2D eigenvalue weighted by atomic mass is 10.1. The van der Waals surface area contributed by atoms with Gasteiger partial charge in [-0.2, -0.15) is 0 Å². The zero-order valence-electron chi connectivity index (χ0n) is 17.1. The number of halogens is 2. The summed E-state index contributed by atoms with van der Waals surface area (Å²) in [6.07, 6.45) is 1.18. The highest BCUT2D eigenvalue weighted by Gasteiger charge is 2.52. The first-order chi connectivity index (χ1) is 14.7. The molecule has 3 amide bonds. The number of nitrogens with zero attached hydrogens (tertiary/aromatic N) is 4. The number of hydrogen-bond acceptors (Lipinski definition) is 4. The minimum absolute atomic E-state index is 0.0748. The number of urea groups is 1. The number of hydrogen-bond donors (Lipinski definition) is 2. The fourth-order valence-corrected chi connectivity index (χ4v) is 4.72. The minimum Gasteiger partial charge on any atom is -0.481 e. The first-order valence-corrected chi connectivity index (χ1v) is 10.7. The van der Waals surface area contributed by atoms with E-state index in [1.807, 2.05) is 0 Å². The van der Waals surface area contributed by atoms with Crippen molar-refractivity contribution in [3.05, 3.63) is 33.8 Å². The Morgan fingerprint density at radius 2 is 1.94 bits per heavy atom. The van der Waals surface area contributed by atoms with Crippen LogP contribution >= 0.6 is 23.2 Å². The Hall–Kier alpha value is -2.52. The Morgan fingerprint density at radius 3 is 2.58 bits per heavy atom. The molecule has 4 atom stereocenters. The number of likely N-dealkylation sites (N-methyl/N-ethyl adjacent to an activating group) is 2. The van der Waals surface area contributed by atoms with E-state index in [2.05, 4.69) is 10.3 Å². The van der Waals surface area contributed by atoms with Crippen molar-refractivity contribution in [1.82, 2.24) is 20.0 Å². The van der Waals surface area contributed by atoms with E-state index in [1.54, 1.807) is 37.2 Å². The fraction of sp³-hybridized carbons (Fsp3) is 0.500. The second-order valence-electron chi connectivity index (χ2n) is 8.17. The molecule has 0 aromatic heterocycles. The first-order valence-electron chi connectivity index (χ1n) is 9.99. The van der Waals surface area contributed by atoms with Crippen molar-refractivity contribution in [1.29, 1.82) is 0 Å². The Kier molecular flexibility index (Phi) is 5.74. The summed E-state index contributed by atoms with van der Waals surface area (Å²) in [6, 6.07) is 3.80. The normalized spacial score (nSPS) is 29.5. The first kappa shape index (κ1) is 21.7. The fourth-order valence-electron chi connectivity index (χ4n) is 4.40. The van der Waals surface area contributed by atoms with E-state index < -0.39 is 30.1 Å². The standard InChI is InChI=1S/C20H23Cl2N5O4/c1-25-15-16(24-19(25)23-12-5-4-11(8-12)18(29)30)26(2)20(31)27(17(15)28)9-10-3-6-13(21)14(22)7-10/h3,6-7,11-12,15-16H,4-5,8-9H2,1-2H3,(H,23,24)(H,29,30)/t11-,12-,15?,16?/m0/s1. The van der Waals surface area contributed by atoms with Crippen LogP contribution in [0.2, 0.25) is 10.0 Å². The average Bonchev–Trinajstić information content (AvgIpc) is 3.32. The zero-order chi connectivity index (χ0) is 22.4. The number of carboxylic acid groups (broad SMARTS) is 1. The molecule has 31 heavy (non-hydrogen) atoms. The number of aliphatic carboxylic acids is 1. The van der Waals surface area contributed by atoms with E-state index >= 15 is 0 Å². The molecule has 166 valence electrons. The van der Waals surface area contributed by atoms with E-state index in [1.165, 1.54) is 9.80 Å². The van der Waals surface area contributed by atoms with E-state index in [9.17, 15) is 19.5 Å². The van der Waals surface area contributed by atoms with Crippen LogP contribution in [0.25, 0.3) is 0 Å². The second kappa shape index (κ2) is 8.20. The van der Waals surface area contributed by atoms with Gasteiger partial charge in [0.25, 0.3) is 5.91 Å². The summed E-state index contributed by atoms with van der Waals surface area (Å²) >= 11 is 12.0. The van der Waals surface area contributed by atoms with Crippen molar-refractivity contribution in [2.45, 2.75) is 44.1 Å². The molecule has 1 saturated carbocycles. The van der Waals surface area contributed by atoms with Gasteiger partial charge in [0.15, 0.2) is 12.0 Å². The van der Waals surface area contributed by atoms with Gasteiger partial charge in [-0.25, -0.2) is 9.79 Å². The summed E-state index contributed by atoms with van der Waals surface area (Å²) in [6.45, 7) is 0.0748. The lowest BCUT2D eigenvalue weighted by molar-refractivity contribution is -0.141. The van der Waals surface area contributed by atoms with Gasteiger partial charge in [-0.05, 0) is 37.0 Å². The quantitative estimate of drug-likeness (QED) is 0.702. The van der Waals surface area contributed by atoms with Crippen molar-refractivity contribution < 1.29 is 19.5 Å². The molecule has 4 rings (SSSR count). The van der Waals surface area contributed by atoms with E-state index in [4.69, 9.17) is 23.2 Å². The van der Waals surface area contributed by atoms with Crippen molar-refractivity contribution in [3.63, 3.8) is 0 Å². The summed E-state index contributed by atoms with van der Waals surface area (Å²) in [5.74, 6) is -1.04. The number of carbonyl (C=O) groups is 3. The maximum Gasteiger partial charge on any atom is 0.328 e. The summed E-state index contributed by atoms with van der Waals surface area (Å²) in [7, 11) is 3.38. The average molecular weight is 468 g/mol. The van der Waals surface area contributed by atoms with Crippen molar-refractivity contribution in [2.75, 3.05) is 14.1 Å². The number of fused-ring (bicyclic) bond motifs is 1. The number of aliphatic imine (C=N–C) groups is 1. The molecule has 3 fully saturated rings. The molecule has 2 saturated heterocycles. The lowest BCUT2D eigenvalue weighted by Gasteiger charge is -2.40. The molecule has 0 spiro atoms. The molecule has 1 aliphatic carbocycles. The van der Waals surface area contributed by atoms with Crippen LogP contribution in [0, 0.1) is 5.92 Å². The smallest absolute Gasteiger partial charge is 0.328 e. The van der Waals surface area contributed by atoms with Crippen LogP contribution in [0.3, 0.4) is 0 Å². The van der Waals surface area contributed by atoms with E-state index in [-0.39, 0.29) is 18.5 Å². The molecular weight excluding hydrogens is 445 g/mol. The lowest BCUT2D eigenvalue weighted by Crippen LogP contribution is -2.65. The van der Waals surface area contributed by atoms with E-state index in [0.717, 1.165) is 0 Å². The van der Waals surface area contributed by atoms with Gasteiger partial charge in [-0.1, -0.05) is 29.3 Å². The third kappa shape index (κ3) is 3.92. The zero-order valence-corrected chi connectivity index (χ0v) is 18.6. The highest BCUT2D eigenvalue weighted by molar-refractivity contribution is 6.42. The summed E-state index contributed by atoms with van der Waals surface area (Å²) in [4.78, 5) is 46.5. The molecule has 2 heterocycles. The number of carboxylic acids is 1. The summed E-state index contributed by atoms with van der Waals surface area (Å²) in [5, 5.41) is 13.1. The third-order valence-corrected chi connectivity index (χ3v) is 6.92. The summed E-state index contributed by atoms with van der Waals surface area (Å²) in [5.41, 5.74) is 0.691. The Labute approximate surface area is 189 Å². The van der Waals surface area contributed by atoms with Crippen molar-refractivity contribution in [2.24, 2.45) is 10.9 Å². The Balaban J connectivity index is 1.54. The molecule has 2 unspecified atom stereocenters. The minimum atomic E-state index is -0.803. The molecule has 2 aliphatic heterocycles. The highest BCUT2D eigenvalue weighted by Crippen LogP contribution is 2.31. The van der Waals surface area contributed by atoms with Gasteiger partial charge in [-0.3, -0.25) is 14.5 Å². The topological polar surface area (TPSA) is 106 Å². The van der Waals surface area contributed by atoms with Crippen LogP contribution in [0.5, 0.6) is 0 Å². The highest BCUT2D eigenvalue weighted by atomic mass is 35.5. The number of amides is 3. The Bertz CT molecular complexity index is 971. The van der Waals surface area contributed by atoms with Gasteiger partial charge < -0.3 is 20.2 Å². The predicted molar refractivity (Wildman–Crippen MR) is 115 cm³/mol. The SMILES string of the molecule is CN1C(=O)N(Cc2ccc(Cl)c(Cl)c2)C(=O)C2C1NC(=N[C@H]1CC[C@H](C(=O)O)C1)N2C. The van der Waals surface area contributed by atoms with Gasteiger partial charge in [0.2, 0.25) is 0 Å². The number of rotatable bonds is 4. The third-order valence-electron chi connectivity index (χ3n) is 6.18. The number of carbonyl (C=O) groups excluding carboxylic acids is 2. The number of benzene rings is 1. The molecular formula is C20H23Cl2N5O4. The second-order valence-corrected chi connectivity index (χ2v) is 8.98. The van der Waals surface area contributed by atoms with Crippen LogP contribution in [-0.2, 0) is 16.1 Å². The van der Waals surface area contributed by atoms with Crippen LogP contribution in [0.15, 0.2) is 23.2 Å². The monoisotopic (exact) mass is 467 g/mol. The number of guanidine groups is 1. The number of nitrogens with one attached hydrogen (secondary N) is 1. The van der Waals surface area contributed by atoms with Gasteiger partial charge in [0.05, 0.1) is 28.5 Å². The molecule has 2 N–H and O–H groups in total. The van der Waals surface area contributed by atoms with Crippen LogP contribution in [0.4, 0.5) is 4.79 Å². The van der Waals surface area contributed by atoms with Gasteiger partial charge >= 0.3 is 12.0 Å². The molecule has 1 aromatic carbocycles. The predicted octanol–water partition coefficient (Wildman–Crippen LogP) is 2.23. The van der Waals surface area contributed by atoms with Gasteiger partial charge in [0, 0.05) is 14.1 Å². The molecule has 11 heteroatoms. The summed E-state index contributed by atoms with van der Waals surface area (Å²) < 4.78 is 0. The molecule has 3 aliphatic rings. The van der Waals surface area contributed by atoms with Crippen molar-refractivity contribution >= 4 is 47.1 Å². The van der Waals surface area contributed by atoms with E-state index in [0.29, 0.717) is 40.8 Å². The van der Waals surface area contributed by atoms with Crippen LogP contribution in [-0.4, -0.2) is 76.0 Å². The Morgan fingerprint density at radius 1 is 1.19 bits per heavy atom. The van der Waals surface area contributed by atoms with Crippen LogP contribution in [0.1, 0.15) is 24.8 Å². The van der Waals surface area contributed by atoms with Crippen molar-refractivity contribution in [3.8, 4) is 0 Å². The molecule has 0 radical (unpaired) electrons. The molecule has 1 aromatic rings. The maximum absolute atomic E-state index is 13.3.